The molecule has 0 bridgehead atoms. The van der Waals surface area contributed by atoms with Crippen LogP contribution in [-0.4, -0.2) is 9.55 Å². The lowest BCUT2D eigenvalue weighted by Crippen LogP contribution is -2.09. The number of rotatable bonds is 3. The average molecular weight is 306 g/mol. The van der Waals surface area contributed by atoms with Gasteiger partial charge in [-0.1, -0.05) is 41.4 Å². The minimum Gasteiger partial charge on any atom is -0.324 e. The van der Waals surface area contributed by atoms with Gasteiger partial charge in [-0.25, -0.2) is 4.98 Å². The molecule has 0 saturated carbocycles. The largest absolute Gasteiger partial charge is 0.324 e. The van der Waals surface area contributed by atoms with Crippen LogP contribution in [0.3, 0.4) is 0 Å². The molecule has 0 aliphatic heterocycles. The molecule has 0 radical (unpaired) electrons. The Balaban J connectivity index is 2.07. The third-order valence-corrected chi connectivity index (χ3v) is 3.98. The molecule has 2 aromatic carbocycles. The first-order valence-corrected chi connectivity index (χ1v) is 7.03. The Labute approximate surface area is 126 Å². The first kappa shape index (κ1) is 13.4. The summed E-state index contributed by atoms with van der Waals surface area (Å²) in [4.78, 5) is 4.55. The standard InChI is InChI=1S/C15H13Cl2N3/c16-11-6-5-10(7-12(11)17)9-20-14-4-2-1-3-13(14)19-15(20)8-18/h1-7H,8-9,18H2. The summed E-state index contributed by atoms with van der Waals surface area (Å²) < 4.78 is 2.11. The Morgan fingerprint density at radius 3 is 2.60 bits per heavy atom. The van der Waals surface area contributed by atoms with Crippen molar-refractivity contribution in [2.75, 3.05) is 0 Å². The van der Waals surface area contributed by atoms with Crippen molar-refractivity contribution < 1.29 is 0 Å². The van der Waals surface area contributed by atoms with Gasteiger partial charge in [0.15, 0.2) is 0 Å². The molecule has 0 aliphatic carbocycles. The minimum atomic E-state index is 0.399. The highest BCUT2D eigenvalue weighted by Gasteiger charge is 2.10. The molecule has 3 aromatic rings. The summed E-state index contributed by atoms with van der Waals surface area (Å²) in [7, 11) is 0. The van der Waals surface area contributed by atoms with Crippen LogP contribution in [0.25, 0.3) is 11.0 Å². The first-order chi connectivity index (χ1) is 9.69. The van der Waals surface area contributed by atoms with Crippen molar-refractivity contribution in [1.82, 2.24) is 9.55 Å². The van der Waals surface area contributed by atoms with Crippen molar-refractivity contribution in [3.05, 3.63) is 63.9 Å². The van der Waals surface area contributed by atoms with Gasteiger partial charge in [-0.15, -0.1) is 0 Å². The summed E-state index contributed by atoms with van der Waals surface area (Å²) in [5.74, 6) is 0.859. The van der Waals surface area contributed by atoms with Crippen molar-refractivity contribution in [3.8, 4) is 0 Å². The number of nitrogens with two attached hydrogens (primary N) is 1. The SMILES string of the molecule is NCc1nc2ccccc2n1Cc1ccc(Cl)c(Cl)c1. The molecule has 1 aromatic heterocycles. The number of aromatic nitrogens is 2. The van der Waals surface area contributed by atoms with Crippen LogP contribution in [0.2, 0.25) is 10.0 Å². The molecule has 0 atom stereocenters. The van der Waals surface area contributed by atoms with Crippen LogP contribution in [0.15, 0.2) is 42.5 Å². The number of hydrogen-bond acceptors (Lipinski definition) is 2. The van der Waals surface area contributed by atoms with Gasteiger partial charge in [-0.2, -0.15) is 0 Å². The van der Waals surface area contributed by atoms with E-state index in [2.05, 4.69) is 9.55 Å². The first-order valence-electron chi connectivity index (χ1n) is 6.27. The Bertz CT molecular complexity index is 765. The second-order valence-corrected chi connectivity index (χ2v) is 5.37. The lowest BCUT2D eigenvalue weighted by molar-refractivity contribution is 0.744. The number of hydrogen-bond donors (Lipinski definition) is 1. The molecule has 3 nitrogen and oxygen atoms in total. The van der Waals surface area contributed by atoms with E-state index >= 15 is 0 Å². The van der Waals surface area contributed by atoms with Crippen LogP contribution in [-0.2, 0) is 13.1 Å². The Morgan fingerprint density at radius 1 is 1.05 bits per heavy atom. The predicted molar refractivity (Wildman–Crippen MR) is 83.2 cm³/mol. The number of halogens is 2. The smallest absolute Gasteiger partial charge is 0.123 e. The zero-order valence-corrected chi connectivity index (χ0v) is 12.2. The van der Waals surface area contributed by atoms with Crippen LogP contribution in [0.5, 0.6) is 0 Å². The van der Waals surface area contributed by atoms with Gasteiger partial charge < -0.3 is 10.3 Å². The van der Waals surface area contributed by atoms with Crippen LogP contribution < -0.4 is 5.73 Å². The number of imidazole rings is 1. The molecule has 0 spiro atoms. The molecule has 3 rings (SSSR count). The maximum atomic E-state index is 6.06. The van der Waals surface area contributed by atoms with Crippen molar-refractivity contribution in [3.63, 3.8) is 0 Å². The van der Waals surface area contributed by atoms with E-state index in [1.807, 2.05) is 36.4 Å². The molecular weight excluding hydrogens is 293 g/mol. The molecule has 2 N–H and O–H groups in total. The molecule has 102 valence electrons. The van der Waals surface area contributed by atoms with E-state index in [4.69, 9.17) is 28.9 Å². The maximum absolute atomic E-state index is 6.06. The summed E-state index contributed by atoms with van der Waals surface area (Å²) in [6.07, 6.45) is 0. The molecule has 20 heavy (non-hydrogen) atoms. The van der Waals surface area contributed by atoms with E-state index in [-0.39, 0.29) is 0 Å². The van der Waals surface area contributed by atoms with Crippen molar-refractivity contribution in [2.45, 2.75) is 13.1 Å². The summed E-state index contributed by atoms with van der Waals surface area (Å²) in [6, 6.07) is 13.6. The highest BCUT2D eigenvalue weighted by molar-refractivity contribution is 6.42. The normalized spacial score (nSPS) is 11.2. The summed E-state index contributed by atoms with van der Waals surface area (Å²) in [6.45, 7) is 1.07. The number of nitrogens with zero attached hydrogens (tertiary/aromatic N) is 2. The maximum Gasteiger partial charge on any atom is 0.123 e. The quantitative estimate of drug-likeness (QED) is 0.798. The molecule has 0 amide bonds. The van der Waals surface area contributed by atoms with E-state index in [1.54, 1.807) is 6.07 Å². The second-order valence-electron chi connectivity index (χ2n) is 4.56. The lowest BCUT2D eigenvalue weighted by atomic mass is 10.2. The molecule has 0 aliphatic rings. The molecule has 5 heteroatoms. The van der Waals surface area contributed by atoms with Crippen LogP contribution in [0.1, 0.15) is 11.4 Å². The fourth-order valence-electron chi connectivity index (χ4n) is 2.28. The molecule has 1 heterocycles. The summed E-state index contributed by atoms with van der Waals surface area (Å²) in [5.41, 5.74) is 8.88. The highest BCUT2D eigenvalue weighted by Crippen LogP contribution is 2.24. The van der Waals surface area contributed by atoms with Gasteiger partial charge in [0.1, 0.15) is 5.82 Å². The van der Waals surface area contributed by atoms with E-state index in [0.29, 0.717) is 23.1 Å². The summed E-state index contributed by atoms with van der Waals surface area (Å²) >= 11 is 12.0. The predicted octanol–water partition coefficient (Wildman–Crippen LogP) is 3.85. The zero-order chi connectivity index (χ0) is 14.1. The third kappa shape index (κ3) is 2.40. The van der Waals surface area contributed by atoms with Crippen LogP contribution in [0, 0.1) is 0 Å². The third-order valence-electron chi connectivity index (χ3n) is 3.24. The number of para-hydroxylation sites is 2. The van der Waals surface area contributed by atoms with Gasteiger partial charge >= 0.3 is 0 Å². The topological polar surface area (TPSA) is 43.8 Å². The number of benzene rings is 2. The fourth-order valence-corrected chi connectivity index (χ4v) is 2.60. The van der Waals surface area contributed by atoms with Gasteiger partial charge in [0.2, 0.25) is 0 Å². The lowest BCUT2D eigenvalue weighted by Gasteiger charge is -2.09. The van der Waals surface area contributed by atoms with E-state index in [0.717, 1.165) is 22.4 Å². The van der Waals surface area contributed by atoms with Gasteiger partial charge in [-0.05, 0) is 29.8 Å². The molecule has 0 unspecified atom stereocenters. The van der Waals surface area contributed by atoms with Gasteiger partial charge in [0.25, 0.3) is 0 Å². The average Bonchev–Trinajstić information content (AvgIpc) is 2.81. The zero-order valence-electron chi connectivity index (χ0n) is 10.7. The Kier molecular flexibility index (Phi) is 3.66. The van der Waals surface area contributed by atoms with Gasteiger partial charge in [0, 0.05) is 6.54 Å². The van der Waals surface area contributed by atoms with E-state index < -0.39 is 0 Å². The van der Waals surface area contributed by atoms with Crippen LogP contribution >= 0.6 is 23.2 Å². The monoisotopic (exact) mass is 305 g/mol. The Hall–Kier alpha value is -1.55. The molecule has 0 fully saturated rings. The molecular formula is C15H13Cl2N3. The van der Waals surface area contributed by atoms with Crippen molar-refractivity contribution in [2.24, 2.45) is 5.73 Å². The van der Waals surface area contributed by atoms with Crippen molar-refractivity contribution >= 4 is 34.2 Å². The van der Waals surface area contributed by atoms with Crippen molar-refractivity contribution in [1.29, 1.82) is 0 Å². The van der Waals surface area contributed by atoms with E-state index in [1.165, 1.54) is 0 Å². The highest BCUT2D eigenvalue weighted by atomic mass is 35.5. The number of fused-ring (bicyclic) bond motifs is 1. The summed E-state index contributed by atoms with van der Waals surface area (Å²) in [5, 5.41) is 1.12. The minimum absolute atomic E-state index is 0.399. The Morgan fingerprint density at radius 2 is 1.85 bits per heavy atom. The van der Waals surface area contributed by atoms with Gasteiger partial charge in [0.05, 0.1) is 27.6 Å². The van der Waals surface area contributed by atoms with Crippen LogP contribution in [0.4, 0.5) is 0 Å². The van der Waals surface area contributed by atoms with E-state index in [9.17, 15) is 0 Å². The fraction of sp³-hybridized carbons (Fsp3) is 0.133. The second kappa shape index (κ2) is 5.44. The molecule has 0 saturated heterocycles. The van der Waals surface area contributed by atoms with Gasteiger partial charge in [-0.3, -0.25) is 0 Å².